The van der Waals surface area contributed by atoms with Gasteiger partial charge in [-0.15, -0.1) is 0 Å². The van der Waals surface area contributed by atoms with Gasteiger partial charge in [-0.05, 0) is 59.7 Å². The second kappa shape index (κ2) is 14.9. The topological polar surface area (TPSA) is 111 Å². The Labute approximate surface area is 280 Å². The van der Waals surface area contributed by atoms with Crippen LogP contribution in [0.1, 0.15) is 48.3 Å². The van der Waals surface area contributed by atoms with E-state index in [-0.39, 0.29) is 24.8 Å². The number of anilines is 2. The summed E-state index contributed by atoms with van der Waals surface area (Å²) in [4.78, 5) is 15.2. The van der Waals surface area contributed by atoms with Gasteiger partial charge in [0, 0.05) is 55.8 Å². The van der Waals surface area contributed by atoms with Crippen LogP contribution in [0.5, 0.6) is 11.5 Å². The third kappa shape index (κ3) is 8.04. The van der Waals surface area contributed by atoms with E-state index in [9.17, 15) is 9.90 Å². The standard InChI is InChI=1S/C38H41N3O7/c42-26-27-6-8-28(9-7-27)35-24-34(25-41-20-18-38(19-21-41)44-22-23-45-38)47-36(48-35)29-10-12-30(13-11-29)39-37(43)40-31-14-16-33(17-15-31)46-32-4-2-1-3-5-32/h1-17,34-36,42H,18-26H2,(H2,39,40,43)/t34-,35+,36+/m0/s1. The fourth-order valence-electron chi connectivity index (χ4n) is 6.43. The summed E-state index contributed by atoms with van der Waals surface area (Å²) in [6.07, 6.45) is 1.60. The van der Waals surface area contributed by atoms with E-state index < -0.39 is 12.1 Å². The second-order valence-electron chi connectivity index (χ2n) is 12.4. The van der Waals surface area contributed by atoms with Gasteiger partial charge in [0.1, 0.15) is 11.5 Å². The van der Waals surface area contributed by atoms with Crippen molar-refractivity contribution in [2.45, 2.75) is 50.2 Å². The number of rotatable bonds is 9. The molecule has 7 rings (SSSR count). The van der Waals surface area contributed by atoms with Gasteiger partial charge in [-0.2, -0.15) is 0 Å². The molecule has 0 saturated carbocycles. The zero-order chi connectivity index (χ0) is 32.8. The van der Waals surface area contributed by atoms with Gasteiger partial charge in [0.15, 0.2) is 12.1 Å². The minimum Gasteiger partial charge on any atom is -0.457 e. The van der Waals surface area contributed by atoms with Crippen LogP contribution in [0.3, 0.4) is 0 Å². The quantitative estimate of drug-likeness (QED) is 0.178. The molecule has 0 aliphatic carbocycles. The highest BCUT2D eigenvalue weighted by atomic mass is 16.7. The predicted molar refractivity (Wildman–Crippen MR) is 181 cm³/mol. The number of aliphatic hydroxyl groups is 1. The first kappa shape index (κ1) is 32.3. The molecule has 48 heavy (non-hydrogen) atoms. The van der Waals surface area contributed by atoms with Crippen LogP contribution < -0.4 is 15.4 Å². The number of nitrogens with one attached hydrogen (secondary N) is 2. The lowest BCUT2D eigenvalue weighted by Crippen LogP contribution is -2.48. The fraction of sp³-hybridized carbons (Fsp3) is 0.342. The predicted octanol–water partition coefficient (Wildman–Crippen LogP) is 7.00. The molecule has 10 nitrogen and oxygen atoms in total. The molecule has 2 amide bonds. The molecule has 3 fully saturated rings. The van der Waals surface area contributed by atoms with Crippen molar-refractivity contribution in [3.05, 3.63) is 120 Å². The Kier molecular flexibility index (Phi) is 9.99. The van der Waals surface area contributed by atoms with Gasteiger partial charge in [0.2, 0.25) is 0 Å². The number of carbonyl (C=O) groups is 1. The van der Waals surface area contributed by atoms with Crippen LogP contribution in [0.2, 0.25) is 0 Å². The lowest BCUT2D eigenvalue weighted by atomic mass is 9.98. The lowest BCUT2D eigenvalue weighted by Gasteiger charge is -2.41. The molecule has 0 radical (unpaired) electrons. The monoisotopic (exact) mass is 651 g/mol. The van der Waals surface area contributed by atoms with Crippen LogP contribution in [0.25, 0.3) is 0 Å². The van der Waals surface area contributed by atoms with Crippen LogP contribution in [0, 0.1) is 0 Å². The number of carbonyl (C=O) groups excluding carboxylic acids is 1. The van der Waals surface area contributed by atoms with Crippen molar-refractivity contribution >= 4 is 17.4 Å². The number of piperidine rings is 1. The number of ether oxygens (including phenoxy) is 5. The minimum atomic E-state index is -0.580. The van der Waals surface area contributed by atoms with Crippen molar-refractivity contribution in [1.82, 2.24) is 4.90 Å². The fourth-order valence-corrected chi connectivity index (χ4v) is 6.43. The molecule has 250 valence electrons. The van der Waals surface area contributed by atoms with Crippen molar-refractivity contribution in [3.63, 3.8) is 0 Å². The number of aliphatic hydroxyl groups excluding tert-OH is 1. The number of hydrogen-bond donors (Lipinski definition) is 3. The Bertz CT molecular complexity index is 1620. The normalized spacial score (nSPS) is 22.3. The second-order valence-corrected chi connectivity index (χ2v) is 12.4. The number of urea groups is 1. The zero-order valence-corrected chi connectivity index (χ0v) is 26.8. The van der Waals surface area contributed by atoms with Crippen LogP contribution in [0.4, 0.5) is 16.2 Å². The van der Waals surface area contributed by atoms with Crippen LogP contribution in [-0.2, 0) is 25.6 Å². The molecule has 3 heterocycles. The highest BCUT2D eigenvalue weighted by molar-refractivity contribution is 5.99. The number of likely N-dealkylation sites (tertiary alicyclic amines) is 1. The molecule has 3 N–H and O–H groups in total. The molecule has 3 atom stereocenters. The molecular weight excluding hydrogens is 610 g/mol. The summed E-state index contributed by atoms with van der Waals surface area (Å²) in [5, 5.41) is 15.3. The molecule has 10 heteroatoms. The van der Waals surface area contributed by atoms with Crippen molar-refractivity contribution in [3.8, 4) is 11.5 Å². The largest absolute Gasteiger partial charge is 0.457 e. The molecule has 3 saturated heterocycles. The molecule has 3 aliphatic heterocycles. The average molecular weight is 652 g/mol. The maximum atomic E-state index is 12.8. The van der Waals surface area contributed by atoms with Gasteiger partial charge >= 0.3 is 6.03 Å². The zero-order valence-electron chi connectivity index (χ0n) is 26.8. The van der Waals surface area contributed by atoms with Crippen LogP contribution in [0.15, 0.2) is 103 Å². The number of benzene rings is 4. The van der Waals surface area contributed by atoms with E-state index in [0.717, 1.165) is 54.9 Å². The summed E-state index contributed by atoms with van der Waals surface area (Å²) < 4.78 is 30.8. The molecule has 1 spiro atoms. The first-order valence-corrected chi connectivity index (χ1v) is 16.5. The van der Waals surface area contributed by atoms with E-state index in [1.165, 1.54) is 0 Å². The number of amides is 2. The number of para-hydroxylation sites is 1. The molecular formula is C38H41N3O7. The summed E-state index contributed by atoms with van der Waals surface area (Å²) >= 11 is 0. The Morgan fingerprint density at radius 2 is 1.38 bits per heavy atom. The van der Waals surface area contributed by atoms with E-state index >= 15 is 0 Å². The molecule has 0 bridgehead atoms. The van der Waals surface area contributed by atoms with E-state index in [1.807, 2.05) is 91.0 Å². The SMILES string of the molecule is O=C(Nc1ccc(Oc2ccccc2)cc1)Nc1ccc([C@@H]2O[C@H](CN3CCC4(CC3)OCCO4)C[C@H](c3ccc(CO)cc3)O2)cc1. The van der Waals surface area contributed by atoms with Crippen molar-refractivity contribution in [2.75, 3.05) is 43.5 Å². The number of hydrogen-bond acceptors (Lipinski definition) is 8. The average Bonchev–Trinajstić information content (AvgIpc) is 3.59. The first-order valence-electron chi connectivity index (χ1n) is 16.5. The van der Waals surface area contributed by atoms with Gasteiger partial charge in [0.05, 0.1) is 32.0 Å². The maximum Gasteiger partial charge on any atom is 0.323 e. The highest BCUT2D eigenvalue weighted by Crippen LogP contribution is 2.39. The minimum absolute atomic E-state index is 0.00154. The van der Waals surface area contributed by atoms with E-state index in [4.69, 9.17) is 23.7 Å². The Morgan fingerprint density at radius 1 is 0.771 bits per heavy atom. The van der Waals surface area contributed by atoms with Gasteiger partial charge in [-0.25, -0.2) is 4.79 Å². The summed E-state index contributed by atoms with van der Waals surface area (Å²) in [7, 11) is 0. The lowest BCUT2D eigenvalue weighted by molar-refractivity contribution is -0.255. The van der Waals surface area contributed by atoms with Crippen LogP contribution in [-0.4, -0.2) is 60.8 Å². The van der Waals surface area contributed by atoms with E-state index in [2.05, 4.69) is 15.5 Å². The smallest absolute Gasteiger partial charge is 0.323 e. The van der Waals surface area contributed by atoms with Crippen LogP contribution >= 0.6 is 0 Å². The summed E-state index contributed by atoms with van der Waals surface area (Å²) in [6, 6.07) is 31.8. The molecule has 3 aliphatic rings. The Hall–Kier alpha value is -4.29. The summed E-state index contributed by atoms with van der Waals surface area (Å²) in [5.74, 6) is 1.01. The van der Waals surface area contributed by atoms with Crippen molar-refractivity contribution < 1.29 is 33.6 Å². The summed E-state index contributed by atoms with van der Waals surface area (Å²) in [6.45, 7) is 3.88. The maximum absolute atomic E-state index is 12.8. The van der Waals surface area contributed by atoms with E-state index in [0.29, 0.717) is 36.8 Å². The molecule has 4 aromatic rings. The summed E-state index contributed by atoms with van der Waals surface area (Å²) in [5.41, 5.74) is 4.05. The van der Waals surface area contributed by atoms with Gasteiger partial charge < -0.3 is 44.3 Å². The first-order chi connectivity index (χ1) is 23.5. The van der Waals surface area contributed by atoms with Gasteiger partial charge in [0.25, 0.3) is 0 Å². The highest BCUT2D eigenvalue weighted by Gasteiger charge is 2.41. The molecule has 0 unspecified atom stereocenters. The Balaban J connectivity index is 0.973. The van der Waals surface area contributed by atoms with Gasteiger partial charge in [-0.3, -0.25) is 0 Å². The van der Waals surface area contributed by atoms with Gasteiger partial charge in [-0.1, -0.05) is 54.6 Å². The third-order valence-electron chi connectivity index (χ3n) is 9.04. The molecule has 4 aromatic carbocycles. The van der Waals surface area contributed by atoms with E-state index in [1.54, 1.807) is 12.1 Å². The molecule has 0 aromatic heterocycles. The third-order valence-corrected chi connectivity index (χ3v) is 9.04. The van der Waals surface area contributed by atoms with Crippen molar-refractivity contribution in [2.24, 2.45) is 0 Å². The van der Waals surface area contributed by atoms with Crippen molar-refractivity contribution in [1.29, 1.82) is 0 Å². The Morgan fingerprint density at radius 3 is 2.02 bits per heavy atom. The number of nitrogens with zero attached hydrogens (tertiary/aromatic N) is 1.